The maximum Gasteiger partial charge on any atom is 0.0341 e. The van der Waals surface area contributed by atoms with E-state index in [1.165, 1.54) is 0 Å². The van der Waals surface area contributed by atoms with E-state index in [1.807, 2.05) is 25.1 Å². The summed E-state index contributed by atoms with van der Waals surface area (Å²) in [4.78, 5) is 3.06. The second kappa shape index (κ2) is 1.86. The van der Waals surface area contributed by atoms with Crippen molar-refractivity contribution < 1.29 is 0 Å². The van der Waals surface area contributed by atoms with Gasteiger partial charge >= 0.3 is 0 Å². The van der Waals surface area contributed by atoms with Crippen molar-refractivity contribution in [3.8, 4) is 0 Å². The monoisotopic (exact) mass is 107 g/mol. The van der Waals surface area contributed by atoms with Gasteiger partial charge in [-0.05, 0) is 19.1 Å². The van der Waals surface area contributed by atoms with Crippen LogP contribution in [0, 0.1) is 0 Å². The Balaban J connectivity index is 3.41. The van der Waals surface area contributed by atoms with E-state index < -0.39 is 0 Å². The van der Waals surface area contributed by atoms with Crippen LogP contribution in [0.5, 0.6) is 0 Å². The van der Waals surface area contributed by atoms with Crippen LogP contribution in [0.3, 0.4) is 0 Å². The zero-order chi connectivity index (χ0) is 5.98. The Morgan fingerprint density at radius 2 is 2.38 bits per heavy atom. The zero-order valence-corrected chi connectivity index (χ0v) is 4.94. The molecule has 0 saturated heterocycles. The van der Waals surface area contributed by atoms with Gasteiger partial charge in [0.1, 0.15) is 0 Å². The van der Waals surface area contributed by atoms with Gasteiger partial charge < -0.3 is 4.98 Å². The van der Waals surface area contributed by atoms with E-state index in [-0.39, 0.29) is 0 Å². The molecule has 0 fully saturated rings. The van der Waals surface area contributed by atoms with Gasteiger partial charge in [0.15, 0.2) is 0 Å². The van der Waals surface area contributed by atoms with Crippen molar-refractivity contribution in [3.05, 3.63) is 22.8 Å². The van der Waals surface area contributed by atoms with Crippen molar-refractivity contribution in [1.82, 2.24) is 4.98 Å². The van der Waals surface area contributed by atoms with Gasteiger partial charge in [0.05, 0.1) is 0 Å². The first-order chi connectivity index (χ1) is 3.83. The lowest BCUT2D eigenvalue weighted by molar-refractivity contribution is 1.27. The molecule has 0 saturated carbocycles. The summed E-state index contributed by atoms with van der Waals surface area (Å²) in [6, 6.07) is 3.96. The lowest BCUT2D eigenvalue weighted by atomic mass is 10.5. The average molecular weight is 107 g/mol. The molecule has 0 radical (unpaired) electrons. The Morgan fingerprint density at radius 3 is 2.62 bits per heavy atom. The van der Waals surface area contributed by atoms with Crippen LogP contribution in [-0.4, -0.2) is 4.98 Å². The molecule has 0 aliphatic rings. The van der Waals surface area contributed by atoms with Crippen LogP contribution in [0.4, 0.5) is 0 Å². The maximum absolute atomic E-state index is 3.71. The first kappa shape index (κ1) is 5.16. The maximum atomic E-state index is 3.71. The fourth-order valence-electron chi connectivity index (χ4n) is 0.627. The molecule has 0 unspecified atom stereocenters. The highest BCUT2D eigenvalue weighted by molar-refractivity contribution is 5.16. The number of nitrogens with one attached hydrogen (secondary N) is 1. The first-order valence-electron chi connectivity index (χ1n) is 2.63. The summed E-state index contributed by atoms with van der Waals surface area (Å²) in [5.74, 6) is 0. The van der Waals surface area contributed by atoms with Crippen molar-refractivity contribution in [1.29, 1.82) is 0 Å². The third kappa shape index (κ3) is 0.808. The number of H-pyrrole nitrogens is 1. The van der Waals surface area contributed by atoms with Gasteiger partial charge in [-0.3, -0.25) is 0 Å². The van der Waals surface area contributed by atoms with Crippen molar-refractivity contribution >= 4 is 12.7 Å². The highest BCUT2D eigenvalue weighted by Crippen LogP contribution is 1.59. The Labute approximate surface area is 48.4 Å². The van der Waals surface area contributed by atoms with Gasteiger partial charge in [-0.2, -0.15) is 0 Å². The Hall–Kier alpha value is -0.980. The standard InChI is InChI=1S/C7H9N/c1-3-7-5-4-6(2)8-7/h3-5,8H,2H2,1H3/b7-3+. The number of hydrogen-bond acceptors (Lipinski definition) is 0. The van der Waals surface area contributed by atoms with Crippen LogP contribution in [-0.2, 0) is 0 Å². The summed E-state index contributed by atoms with van der Waals surface area (Å²) in [5.41, 5.74) is 0. The topological polar surface area (TPSA) is 15.8 Å². The van der Waals surface area contributed by atoms with E-state index in [4.69, 9.17) is 0 Å². The van der Waals surface area contributed by atoms with Gasteiger partial charge in [-0.25, -0.2) is 0 Å². The predicted octanol–water partition coefficient (Wildman–Crippen LogP) is 0.225. The lowest BCUT2D eigenvalue weighted by Gasteiger charge is -1.67. The van der Waals surface area contributed by atoms with Crippen molar-refractivity contribution in [2.45, 2.75) is 6.92 Å². The van der Waals surface area contributed by atoms with E-state index in [2.05, 4.69) is 11.6 Å². The smallest absolute Gasteiger partial charge is 0.0341 e. The highest BCUT2D eigenvalue weighted by Gasteiger charge is 1.73. The quantitative estimate of drug-likeness (QED) is 0.488. The molecule has 0 aromatic carbocycles. The lowest BCUT2D eigenvalue weighted by Crippen LogP contribution is -2.05. The molecule has 1 rings (SSSR count). The summed E-state index contributed by atoms with van der Waals surface area (Å²) >= 11 is 0. The van der Waals surface area contributed by atoms with Crippen LogP contribution in [0.2, 0.25) is 0 Å². The third-order valence-corrected chi connectivity index (χ3v) is 1.08. The number of aromatic amines is 1. The van der Waals surface area contributed by atoms with E-state index in [0.717, 1.165) is 10.7 Å². The fraction of sp³-hybridized carbons (Fsp3) is 0.143. The predicted molar refractivity (Wildman–Crippen MR) is 35.7 cm³/mol. The molecule has 1 heteroatoms. The van der Waals surface area contributed by atoms with E-state index in [1.54, 1.807) is 0 Å². The van der Waals surface area contributed by atoms with Crippen molar-refractivity contribution in [2.75, 3.05) is 0 Å². The molecular formula is C7H9N. The molecule has 1 nitrogen and oxygen atoms in total. The van der Waals surface area contributed by atoms with Crippen LogP contribution in [0.1, 0.15) is 6.92 Å². The molecule has 1 heterocycles. The molecule has 1 aromatic rings. The molecule has 0 aliphatic carbocycles. The van der Waals surface area contributed by atoms with Gasteiger partial charge in [-0.15, -0.1) is 0 Å². The van der Waals surface area contributed by atoms with Crippen molar-refractivity contribution in [2.24, 2.45) is 0 Å². The van der Waals surface area contributed by atoms with Crippen LogP contribution in [0.15, 0.2) is 12.1 Å². The molecule has 0 aliphatic heterocycles. The van der Waals surface area contributed by atoms with Gasteiger partial charge in [0, 0.05) is 10.7 Å². The van der Waals surface area contributed by atoms with E-state index in [9.17, 15) is 0 Å². The summed E-state index contributed by atoms with van der Waals surface area (Å²) in [7, 11) is 0. The van der Waals surface area contributed by atoms with Crippen LogP contribution in [0.25, 0.3) is 12.7 Å². The molecule has 0 spiro atoms. The molecule has 1 N–H and O–H groups in total. The second-order valence-electron chi connectivity index (χ2n) is 1.73. The number of hydrogen-bond donors (Lipinski definition) is 1. The van der Waals surface area contributed by atoms with Crippen molar-refractivity contribution in [3.63, 3.8) is 0 Å². The zero-order valence-electron chi connectivity index (χ0n) is 4.94. The molecule has 0 atom stereocenters. The van der Waals surface area contributed by atoms with E-state index >= 15 is 0 Å². The van der Waals surface area contributed by atoms with Gasteiger partial charge in [-0.1, -0.05) is 12.7 Å². The first-order valence-corrected chi connectivity index (χ1v) is 2.63. The Morgan fingerprint density at radius 1 is 1.62 bits per heavy atom. The Bertz CT molecular complexity index is 256. The summed E-state index contributed by atoms with van der Waals surface area (Å²) in [5, 5.41) is 2.10. The van der Waals surface area contributed by atoms with Crippen LogP contribution >= 0.6 is 0 Å². The number of rotatable bonds is 0. The molecule has 42 valence electrons. The largest absolute Gasteiger partial charge is 0.356 e. The van der Waals surface area contributed by atoms with Gasteiger partial charge in [0.25, 0.3) is 0 Å². The minimum atomic E-state index is 0.970. The minimum Gasteiger partial charge on any atom is -0.356 e. The molecule has 1 aromatic heterocycles. The normalized spacial score (nSPS) is 12.4. The second-order valence-corrected chi connectivity index (χ2v) is 1.73. The minimum absolute atomic E-state index is 0.970. The number of aromatic nitrogens is 1. The molecular weight excluding hydrogens is 98.1 g/mol. The van der Waals surface area contributed by atoms with Crippen LogP contribution < -0.4 is 10.7 Å². The average Bonchev–Trinajstić information content (AvgIpc) is 2.14. The fourth-order valence-corrected chi connectivity index (χ4v) is 0.627. The molecule has 0 bridgehead atoms. The summed E-state index contributed by atoms with van der Waals surface area (Å²) in [6.45, 7) is 5.70. The summed E-state index contributed by atoms with van der Waals surface area (Å²) in [6.07, 6.45) is 2.01. The Kier molecular flexibility index (Phi) is 1.20. The van der Waals surface area contributed by atoms with Gasteiger partial charge in [0.2, 0.25) is 0 Å². The molecule has 8 heavy (non-hydrogen) atoms. The highest BCUT2D eigenvalue weighted by atomic mass is 14.7. The molecule has 0 amide bonds. The third-order valence-electron chi connectivity index (χ3n) is 1.08. The SMILES string of the molecule is C=c1cc/c(=C\C)[nH]1. The van der Waals surface area contributed by atoms with E-state index in [0.29, 0.717) is 0 Å². The summed E-state index contributed by atoms with van der Waals surface area (Å²) < 4.78 is 0.